The summed E-state index contributed by atoms with van der Waals surface area (Å²) in [5.41, 5.74) is 1.71. The van der Waals surface area contributed by atoms with Crippen LogP contribution in [0.5, 0.6) is 0 Å². The van der Waals surface area contributed by atoms with Crippen LogP contribution in [0.4, 0.5) is 4.79 Å². The van der Waals surface area contributed by atoms with E-state index < -0.39 is 41.6 Å². The van der Waals surface area contributed by atoms with Crippen LogP contribution in [-0.2, 0) is 23.9 Å². The standard InChI is InChI=1S/C27H43N3O6S/c1-8-10-15-30(25(33)21(17-37)29-26(34)36-27(5,6)7)23(20-16-18(3)11-12-19(20)4)24(32)28-14-13-22(31)35-9-2/h11-12,16,21,23,37H,8-10,13-15,17H2,1-7H3,(H,28,32)(H,29,34). The Kier molecular flexibility index (Phi) is 13.5. The van der Waals surface area contributed by atoms with E-state index in [1.165, 1.54) is 4.90 Å². The molecule has 0 saturated carbocycles. The first-order valence-corrected chi connectivity index (χ1v) is 13.4. The lowest BCUT2D eigenvalue weighted by atomic mass is 9.96. The zero-order chi connectivity index (χ0) is 28.2. The van der Waals surface area contributed by atoms with Crippen molar-refractivity contribution in [3.05, 3.63) is 34.9 Å². The van der Waals surface area contributed by atoms with Gasteiger partial charge in [-0.05, 0) is 59.1 Å². The smallest absolute Gasteiger partial charge is 0.408 e. The molecule has 1 rings (SSSR count). The van der Waals surface area contributed by atoms with Crippen LogP contribution >= 0.6 is 12.6 Å². The maximum absolute atomic E-state index is 13.8. The molecule has 0 fully saturated rings. The molecule has 0 heterocycles. The summed E-state index contributed by atoms with van der Waals surface area (Å²) in [6.45, 7) is 13.3. The Morgan fingerprint density at radius 2 is 1.78 bits per heavy atom. The van der Waals surface area contributed by atoms with Gasteiger partial charge in [0.2, 0.25) is 11.8 Å². The van der Waals surface area contributed by atoms with Crippen molar-refractivity contribution in [1.82, 2.24) is 15.5 Å². The first kappa shape index (κ1) is 32.3. The number of benzene rings is 1. The minimum absolute atomic E-state index is 0.0153. The second-order valence-electron chi connectivity index (χ2n) is 9.88. The van der Waals surface area contributed by atoms with Crippen molar-refractivity contribution in [2.45, 2.75) is 85.4 Å². The number of amides is 3. The number of carbonyl (C=O) groups is 4. The third-order valence-electron chi connectivity index (χ3n) is 5.43. The summed E-state index contributed by atoms with van der Waals surface area (Å²) in [6.07, 6.45) is 0.715. The number of nitrogens with one attached hydrogen (secondary N) is 2. The molecule has 1 aromatic rings. The third-order valence-corrected chi connectivity index (χ3v) is 5.80. The molecule has 9 nitrogen and oxygen atoms in total. The normalized spacial score (nSPS) is 12.8. The minimum atomic E-state index is -1.00. The van der Waals surface area contributed by atoms with Crippen LogP contribution in [0.1, 0.15) is 76.6 Å². The molecule has 1 aromatic carbocycles. The molecule has 0 spiro atoms. The van der Waals surface area contributed by atoms with E-state index in [1.807, 2.05) is 39.0 Å². The highest BCUT2D eigenvalue weighted by Gasteiger charge is 2.36. The molecule has 10 heteroatoms. The van der Waals surface area contributed by atoms with Crippen LogP contribution in [-0.4, -0.2) is 65.9 Å². The Hall–Kier alpha value is -2.75. The molecule has 208 valence electrons. The van der Waals surface area contributed by atoms with Crippen LogP contribution in [0.2, 0.25) is 0 Å². The zero-order valence-electron chi connectivity index (χ0n) is 23.2. The largest absolute Gasteiger partial charge is 0.466 e. The van der Waals surface area contributed by atoms with E-state index >= 15 is 0 Å². The first-order chi connectivity index (χ1) is 17.3. The van der Waals surface area contributed by atoms with Crippen LogP contribution in [0, 0.1) is 13.8 Å². The number of unbranched alkanes of at least 4 members (excludes halogenated alkanes) is 1. The molecule has 2 unspecified atom stereocenters. The SMILES string of the molecule is CCCCN(C(=O)C(CS)NC(=O)OC(C)(C)C)C(C(=O)NCCC(=O)OCC)c1cc(C)ccc1C. The molecule has 3 amide bonds. The summed E-state index contributed by atoms with van der Waals surface area (Å²) in [4.78, 5) is 53.1. The molecular formula is C27H43N3O6S. The third kappa shape index (κ3) is 11.0. The molecule has 37 heavy (non-hydrogen) atoms. The summed E-state index contributed by atoms with van der Waals surface area (Å²) < 4.78 is 10.3. The molecule has 0 saturated heterocycles. The first-order valence-electron chi connectivity index (χ1n) is 12.8. The van der Waals surface area contributed by atoms with Gasteiger partial charge in [-0.15, -0.1) is 0 Å². The highest BCUT2D eigenvalue weighted by atomic mass is 32.1. The van der Waals surface area contributed by atoms with Gasteiger partial charge in [0.1, 0.15) is 17.7 Å². The number of aryl methyl sites for hydroxylation is 2. The van der Waals surface area contributed by atoms with Crippen molar-refractivity contribution in [3.8, 4) is 0 Å². The Bertz CT molecular complexity index is 931. The molecule has 0 aliphatic rings. The summed E-state index contributed by atoms with van der Waals surface area (Å²) in [5, 5.41) is 5.39. The Morgan fingerprint density at radius 3 is 2.35 bits per heavy atom. The Labute approximate surface area is 226 Å². The highest BCUT2D eigenvalue weighted by Crippen LogP contribution is 2.27. The Morgan fingerprint density at radius 1 is 1.11 bits per heavy atom. The lowest BCUT2D eigenvalue weighted by molar-refractivity contribution is -0.144. The van der Waals surface area contributed by atoms with E-state index in [0.29, 0.717) is 18.5 Å². The van der Waals surface area contributed by atoms with E-state index in [1.54, 1.807) is 27.7 Å². The molecule has 0 aliphatic heterocycles. The van der Waals surface area contributed by atoms with Crippen molar-refractivity contribution in [2.75, 3.05) is 25.4 Å². The van der Waals surface area contributed by atoms with Gasteiger partial charge in [-0.2, -0.15) is 12.6 Å². The fourth-order valence-electron chi connectivity index (χ4n) is 3.65. The van der Waals surface area contributed by atoms with Gasteiger partial charge in [0.05, 0.1) is 13.0 Å². The molecular weight excluding hydrogens is 494 g/mol. The number of hydrogen-bond donors (Lipinski definition) is 3. The number of ether oxygens (including phenoxy) is 2. The molecule has 2 N–H and O–H groups in total. The van der Waals surface area contributed by atoms with Gasteiger partial charge >= 0.3 is 12.1 Å². The quantitative estimate of drug-likeness (QED) is 0.260. The van der Waals surface area contributed by atoms with Crippen LogP contribution in [0.25, 0.3) is 0 Å². The monoisotopic (exact) mass is 537 g/mol. The number of nitrogens with zero attached hydrogens (tertiary/aromatic N) is 1. The van der Waals surface area contributed by atoms with Gasteiger partial charge in [-0.1, -0.05) is 37.1 Å². The average molecular weight is 538 g/mol. The van der Waals surface area contributed by atoms with Gasteiger partial charge in [0.15, 0.2) is 0 Å². The summed E-state index contributed by atoms with van der Waals surface area (Å²) in [6, 6.07) is 3.75. The predicted octanol–water partition coefficient (Wildman–Crippen LogP) is 3.87. The summed E-state index contributed by atoms with van der Waals surface area (Å²) in [5.74, 6) is -1.26. The predicted molar refractivity (Wildman–Crippen MR) is 147 cm³/mol. The molecule has 0 radical (unpaired) electrons. The zero-order valence-corrected chi connectivity index (χ0v) is 24.1. The van der Waals surface area contributed by atoms with E-state index in [4.69, 9.17) is 9.47 Å². The van der Waals surface area contributed by atoms with Crippen molar-refractivity contribution < 1.29 is 28.7 Å². The van der Waals surface area contributed by atoms with Crippen LogP contribution in [0.15, 0.2) is 18.2 Å². The molecule has 0 bridgehead atoms. The van der Waals surface area contributed by atoms with Gasteiger partial charge in [-0.25, -0.2) is 4.79 Å². The number of thiol groups is 1. The number of rotatable bonds is 13. The fourth-order valence-corrected chi connectivity index (χ4v) is 3.90. The van der Waals surface area contributed by atoms with Gasteiger partial charge in [-0.3, -0.25) is 14.4 Å². The summed E-state index contributed by atoms with van der Waals surface area (Å²) >= 11 is 4.30. The van der Waals surface area contributed by atoms with E-state index in [0.717, 1.165) is 17.5 Å². The van der Waals surface area contributed by atoms with Gasteiger partial charge < -0.3 is 25.0 Å². The molecule has 0 aromatic heterocycles. The van der Waals surface area contributed by atoms with Crippen molar-refractivity contribution in [1.29, 1.82) is 0 Å². The van der Waals surface area contributed by atoms with Crippen molar-refractivity contribution in [3.63, 3.8) is 0 Å². The van der Waals surface area contributed by atoms with E-state index in [2.05, 4.69) is 23.3 Å². The topological polar surface area (TPSA) is 114 Å². The van der Waals surface area contributed by atoms with E-state index in [-0.39, 0.29) is 25.3 Å². The van der Waals surface area contributed by atoms with Crippen molar-refractivity contribution >= 4 is 36.5 Å². The fraction of sp³-hybridized carbons (Fsp3) is 0.630. The molecule has 2 atom stereocenters. The number of carbonyl (C=O) groups excluding carboxylic acids is 4. The Balaban J connectivity index is 3.37. The maximum atomic E-state index is 13.8. The second-order valence-corrected chi connectivity index (χ2v) is 10.2. The lowest BCUT2D eigenvalue weighted by Gasteiger charge is -2.35. The minimum Gasteiger partial charge on any atom is -0.466 e. The van der Waals surface area contributed by atoms with Crippen LogP contribution in [0.3, 0.4) is 0 Å². The van der Waals surface area contributed by atoms with Gasteiger partial charge in [0, 0.05) is 18.8 Å². The summed E-state index contributed by atoms with van der Waals surface area (Å²) in [7, 11) is 0. The van der Waals surface area contributed by atoms with Crippen LogP contribution < -0.4 is 10.6 Å². The number of alkyl carbamates (subject to hydrolysis) is 1. The van der Waals surface area contributed by atoms with Crippen molar-refractivity contribution in [2.24, 2.45) is 0 Å². The molecule has 0 aliphatic carbocycles. The second kappa shape index (κ2) is 15.5. The van der Waals surface area contributed by atoms with Gasteiger partial charge in [0.25, 0.3) is 0 Å². The lowest BCUT2D eigenvalue weighted by Crippen LogP contribution is -2.54. The average Bonchev–Trinajstić information content (AvgIpc) is 2.80. The van der Waals surface area contributed by atoms with E-state index in [9.17, 15) is 19.2 Å². The number of esters is 1. The highest BCUT2D eigenvalue weighted by molar-refractivity contribution is 7.80. The maximum Gasteiger partial charge on any atom is 0.408 e. The number of hydrogen-bond acceptors (Lipinski definition) is 7.